The fourth-order valence-electron chi connectivity index (χ4n) is 3.18. The third-order valence-electron chi connectivity index (χ3n) is 4.82. The smallest absolute Gasteiger partial charge is 0.259 e. The highest BCUT2D eigenvalue weighted by Gasteiger charge is 2.27. The number of piperidine rings is 1. The van der Waals surface area contributed by atoms with E-state index in [1.165, 1.54) is 6.42 Å². The Balaban J connectivity index is 1.33. The molecule has 146 valence electrons. The molecule has 1 aliphatic heterocycles. The van der Waals surface area contributed by atoms with Gasteiger partial charge < -0.3 is 19.3 Å². The summed E-state index contributed by atoms with van der Waals surface area (Å²) in [5.74, 6) is 2.26. The molecule has 0 spiro atoms. The van der Waals surface area contributed by atoms with Crippen LogP contribution >= 0.6 is 0 Å². The predicted octanol–water partition coefficient (Wildman–Crippen LogP) is 3.48. The summed E-state index contributed by atoms with van der Waals surface area (Å²) >= 11 is 0. The molecule has 1 atom stereocenters. The van der Waals surface area contributed by atoms with Crippen LogP contribution in [-0.4, -0.2) is 34.8 Å². The van der Waals surface area contributed by atoms with E-state index < -0.39 is 0 Å². The van der Waals surface area contributed by atoms with Crippen LogP contribution in [0.3, 0.4) is 0 Å². The normalized spacial score (nSPS) is 19.3. The van der Waals surface area contributed by atoms with E-state index in [4.69, 9.17) is 14.0 Å². The van der Waals surface area contributed by atoms with Crippen LogP contribution in [0.4, 0.5) is 0 Å². The maximum absolute atomic E-state index is 5.89. The first-order chi connectivity index (χ1) is 13.7. The van der Waals surface area contributed by atoms with E-state index in [2.05, 4.69) is 27.4 Å². The summed E-state index contributed by atoms with van der Waals surface area (Å²) in [5, 5.41) is 7.39. The van der Waals surface area contributed by atoms with E-state index >= 15 is 0 Å². The van der Waals surface area contributed by atoms with Gasteiger partial charge in [-0.25, -0.2) is 4.98 Å². The summed E-state index contributed by atoms with van der Waals surface area (Å²) in [6, 6.07) is 13.2. The van der Waals surface area contributed by atoms with Crippen molar-refractivity contribution >= 4 is 0 Å². The van der Waals surface area contributed by atoms with E-state index in [0.29, 0.717) is 24.2 Å². The zero-order valence-corrected chi connectivity index (χ0v) is 15.9. The molecule has 28 heavy (non-hydrogen) atoms. The average molecular weight is 380 g/mol. The molecule has 1 aromatic carbocycles. The molecule has 0 bridgehead atoms. The van der Waals surface area contributed by atoms with Crippen LogP contribution in [0.1, 0.15) is 25.6 Å². The van der Waals surface area contributed by atoms with Crippen molar-refractivity contribution < 1.29 is 14.0 Å². The largest absolute Gasteiger partial charge is 0.485 e. The molecule has 2 aromatic heterocycles. The summed E-state index contributed by atoms with van der Waals surface area (Å²) in [5.41, 5.74) is 0.898. The Morgan fingerprint density at radius 1 is 1.14 bits per heavy atom. The van der Waals surface area contributed by atoms with Gasteiger partial charge in [0.15, 0.2) is 6.61 Å². The molecule has 4 rings (SSSR count). The second-order valence-corrected chi connectivity index (χ2v) is 7.38. The van der Waals surface area contributed by atoms with E-state index in [1.54, 1.807) is 6.20 Å². The van der Waals surface area contributed by atoms with Gasteiger partial charge in [0, 0.05) is 24.2 Å². The van der Waals surface area contributed by atoms with Crippen LogP contribution in [0.15, 0.2) is 53.2 Å². The maximum atomic E-state index is 5.89. The molecular formula is C21H24N4O3. The minimum Gasteiger partial charge on any atom is -0.485 e. The molecule has 1 fully saturated rings. The number of hydrogen-bond acceptors (Lipinski definition) is 7. The van der Waals surface area contributed by atoms with Crippen molar-refractivity contribution in [3.05, 3.63) is 54.5 Å². The number of rotatable bonds is 7. The minimum absolute atomic E-state index is 0.152. The van der Waals surface area contributed by atoms with Gasteiger partial charge in [0.1, 0.15) is 5.75 Å². The Labute approximate surface area is 164 Å². The molecule has 0 amide bonds. The zero-order valence-electron chi connectivity index (χ0n) is 15.9. The molecule has 3 heterocycles. The highest BCUT2D eigenvalue weighted by atomic mass is 16.5. The van der Waals surface area contributed by atoms with Gasteiger partial charge >= 0.3 is 0 Å². The lowest BCUT2D eigenvalue weighted by Gasteiger charge is -2.33. The first-order valence-electron chi connectivity index (χ1n) is 9.51. The van der Waals surface area contributed by atoms with Crippen LogP contribution < -0.4 is 14.8 Å². The molecule has 3 aromatic rings. The lowest BCUT2D eigenvalue weighted by Crippen LogP contribution is -2.41. The van der Waals surface area contributed by atoms with Crippen molar-refractivity contribution in [3.63, 3.8) is 0 Å². The number of aromatic nitrogens is 3. The molecule has 0 unspecified atom stereocenters. The summed E-state index contributed by atoms with van der Waals surface area (Å²) in [4.78, 5) is 8.74. The topological polar surface area (TPSA) is 82.3 Å². The number of benzene rings is 1. The third-order valence-corrected chi connectivity index (χ3v) is 4.82. The number of nitrogens with one attached hydrogen (secondary N) is 1. The molecule has 0 aliphatic carbocycles. The van der Waals surface area contributed by atoms with E-state index in [9.17, 15) is 0 Å². The van der Waals surface area contributed by atoms with Gasteiger partial charge in [0.2, 0.25) is 11.7 Å². The molecule has 1 saturated heterocycles. The summed E-state index contributed by atoms with van der Waals surface area (Å²) in [6.45, 7) is 5.19. The van der Waals surface area contributed by atoms with Crippen molar-refractivity contribution in [1.82, 2.24) is 20.4 Å². The third kappa shape index (κ3) is 4.67. The first-order valence-corrected chi connectivity index (χ1v) is 9.51. The second-order valence-electron chi connectivity index (χ2n) is 7.38. The summed E-state index contributed by atoms with van der Waals surface area (Å²) in [7, 11) is 0. The van der Waals surface area contributed by atoms with E-state index in [0.717, 1.165) is 30.8 Å². The Morgan fingerprint density at radius 3 is 2.79 bits per heavy atom. The predicted molar refractivity (Wildman–Crippen MR) is 104 cm³/mol. The minimum atomic E-state index is 0.152. The Hall–Kier alpha value is -2.93. The zero-order chi connectivity index (χ0) is 19.2. The first kappa shape index (κ1) is 18.4. The van der Waals surface area contributed by atoms with Crippen molar-refractivity contribution in [2.75, 3.05) is 19.7 Å². The lowest BCUT2D eigenvalue weighted by molar-refractivity contribution is 0.125. The van der Waals surface area contributed by atoms with Gasteiger partial charge in [0.25, 0.3) is 5.89 Å². The summed E-state index contributed by atoms with van der Waals surface area (Å²) in [6.07, 6.45) is 4.03. The van der Waals surface area contributed by atoms with Crippen molar-refractivity contribution in [2.45, 2.75) is 26.4 Å². The Kier molecular flexibility index (Phi) is 5.53. The molecule has 1 N–H and O–H groups in total. The van der Waals surface area contributed by atoms with Crippen LogP contribution in [0, 0.1) is 5.41 Å². The summed E-state index contributed by atoms with van der Waals surface area (Å²) < 4.78 is 16.8. The van der Waals surface area contributed by atoms with Crippen LogP contribution in [0.5, 0.6) is 11.6 Å². The number of nitrogens with zero attached hydrogens (tertiary/aromatic N) is 3. The molecule has 0 saturated carbocycles. The Morgan fingerprint density at radius 2 is 2.04 bits per heavy atom. The standard InChI is InChI=1S/C21H24N4O3/c1-21(10-5-11-22-14-21)15-27-19-9-8-16(12-23-19)20-24-18(25-28-20)13-26-17-6-3-2-4-7-17/h2-4,6-9,12,22H,5,10-11,13-15H2,1H3/t21-/m0/s1. The Bertz CT molecular complexity index is 874. The number of para-hydroxylation sites is 1. The van der Waals surface area contributed by atoms with Gasteiger partial charge in [-0.3, -0.25) is 0 Å². The number of hydrogen-bond donors (Lipinski definition) is 1. The van der Waals surface area contributed by atoms with Crippen LogP contribution in [0.25, 0.3) is 11.5 Å². The van der Waals surface area contributed by atoms with Crippen LogP contribution in [-0.2, 0) is 6.61 Å². The van der Waals surface area contributed by atoms with Crippen LogP contribution in [0.2, 0.25) is 0 Å². The van der Waals surface area contributed by atoms with Crippen molar-refractivity contribution in [3.8, 4) is 23.1 Å². The highest BCUT2D eigenvalue weighted by Crippen LogP contribution is 2.26. The fourth-order valence-corrected chi connectivity index (χ4v) is 3.18. The molecule has 7 heteroatoms. The van der Waals surface area contributed by atoms with Gasteiger partial charge in [-0.2, -0.15) is 4.98 Å². The van der Waals surface area contributed by atoms with Gasteiger partial charge in [-0.05, 0) is 37.6 Å². The highest BCUT2D eigenvalue weighted by molar-refractivity contribution is 5.51. The van der Waals surface area contributed by atoms with E-state index in [-0.39, 0.29) is 12.0 Å². The fraction of sp³-hybridized carbons (Fsp3) is 0.381. The SMILES string of the molecule is C[C@]1(COc2ccc(-c3nc(COc4ccccc4)no3)cn2)CCCNC1. The molecule has 1 aliphatic rings. The molecule has 7 nitrogen and oxygen atoms in total. The quantitative estimate of drug-likeness (QED) is 0.672. The van der Waals surface area contributed by atoms with Crippen molar-refractivity contribution in [2.24, 2.45) is 5.41 Å². The monoisotopic (exact) mass is 380 g/mol. The molecular weight excluding hydrogens is 356 g/mol. The number of ether oxygens (including phenoxy) is 2. The van der Waals surface area contributed by atoms with Gasteiger partial charge in [-0.1, -0.05) is 30.3 Å². The van der Waals surface area contributed by atoms with E-state index in [1.807, 2.05) is 42.5 Å². The van der Waals surface area contributed by atoms with Crippen molar-refractivity contribution in [1.29, 1.82) is 0 Å². The maximum Gasteiger partial charge on any atom is 0.259 e. The number of pyridine rings is 1. The lowest BCUT2D eigenvalue weighted by atomic mass is 9.84. The second kappa shape index (κ2) is 8.39. The average Bonchev–Trinajstić information content (AvgIpc) is 3.22. The molecule has 0 radical (unpaired) electrons. The van der Waals surface area contributed by atoms with Gasteiger partial charge in [-0.15, -0.1) is 0 Å². The van der Waals surface area contributed by atoms with Gasteiger partial charge in [0.05, 0.1) is 12.2 Å².